The number of hydrogen-bond acceptors (Lipinski definition) is 4. The molecule has 0 saturated carbocycles. The van der Waals surface area contributed by atoms with Crippen LogP contribution in [0.1, 0.15) is 24.7 Å². The second-order valence-corrected chi connectivity index (χ2v) is 4.29. The molecule has 2 N–H and O–H groups in total. The van der Waals surface area contributed by atoms with Crippen LogP contribution in [0.15, 0.2) is 10.9 Å². The van der Waals surface area contributed by atoms with Crippen molar-refractivity contribution in [3.8, 4) is 0 Å². The van der Waals surface area contributed by atoms with Crippen LogP contribution in [0.4, 0.5) is 0 Å². The third-order valence-electron chi connectivity index (χ3n) is 2.55. The van der Waals surface area contributed by atoms with Crippen molar-refractivity contribution < 1.29 is 5.11 Å². The number of aliphatic hydroxyl groups excluding tert-OH is 1. The molecule has 0 aromatic carbocycles. The van der Waals surface area contributed by atoms with Gasteiger partial charge < -0.3 is 10.4 Å². The van der Waals surface area contributed by atoms with Crippen LogP contribution in [0.2, 0.25) is 0 Å². The Labute approximate surface area is 102 Å². The summed E-state index contributed by atoms with van der Waals surface area (Å²) in [6.45, 7) is 7.36. The summed E-state index contributed by atoms with van der Waals surface area (Å²) >= 11 is 0. The van der Waals surface area contributed by atoms with Crippen LogP contribution < -0.4 is 11.0 Å². The molecule has 0 aliphatic heterocycles. The highest BCUT2D eigenvalue weighted by Gasteiger charge is 2.09. The topological polar surface area (TPSA) is 67.2 Å². The Bertz CT molecular complexity index is 415. The van der Waals surface area contributed by atoms with E-state index in [-0.39, 0.29) is 12.2 Å². The Morgan fingerprint density at radius 2 is 2.24 bits per heavy atom. The lowest BCUT2D eigenvalue weighted by atomic mass is 10.3. The van der Waals surface area contributed by atoms with Gasteiger partial charge in [0.25, 0.3) is 0 Å². The van der Waals surface area contributed by atoms with Gasteiger partial charge in [0.2, 0.25) is 0 Å². The van der Waals surface area contributed by atoms with Crippen molar-refractivity contribution in [3.05, 3.63) is 27.9 Å². The lowest BCUT2D eigenvalue weighted by molar-refractivity contribution is 0.149. The molecule has 0 spiro atoms. The van der Waals surface area contributed by atoms with Crippen LogP contribution in [-0.4, -0.2) is 33.9 Å². The van der Waals surface area contributed by atoms with Crippen molar-refractivity contribution >= 4 is 0 Å². The maximum absolute atomic E-state index is 11.6. The van der Waals surface area contributed by atoms with Crippen molar-refractivity contribution in [1.29, 1.82) is 0 Å². The predicted octanol–water partition coefficient (Wildman–Crippen LogP) is 0.221. The average molecular weight is 239 g/mol. The summed E-state index contributed by atoms with van der Waals surface area (Å²) in [5.74, 6) is 0. The minimum atomic E-state index is -0.567. The number of hydrogen-bond donors (Lipinski definition) is 2. The highest BCUT2D eigenvalue weighted by molar-refractivity contribution is 5.06. The first-order valence-electron chi connectivity index (χ1n) is 5.98. The number of aryl methyl sites for hydroxylation is 2. The van der Waals surface area contributed by atoms with E-state index in [1.54, 1.807) is 6.92 Å². The molecule has 5 heteroatoms. The zero-order valence-electron chi connectivity index (χ0n) is 10.7. The Morgan fingerprint density at radius 1 is 1.53 bits per heavy atom. The summed E-state index contributed by atoms with van der Waals surface area (Å²) in [5.41, 5.74) is 1.25. The molecule has 0 saturated heterocycles. The molecule has 5 nitrogen and oxygen atoms in total. The van der Waals surface area contributed by atoms with Gasteiger partial charge in [0.05, 0.1) is 12.6 Å². The van der Waals surface area contributed by atoms with Gasteiger partial charge >= 0.3 is 5.69 Å². The number of nitrogens with zero attached hydrogens (tertiary/aromatic N) is 2. The largest absolute Gasteiger partial charge is 0.390 e. The summed E-state index contributed by atoms with van der Waals surface area (Å²) in [6, 6.07) is 1.84. The summed E-state index contributed by atoms with van der Waals surface area (Å²) in [5, 5.41) is 12.9. The zero-order valence-corrected chi connectivity index (χ0v) is 10.7. The van der Waals surface area contributed by atoms with E-state index in [4.69, 9.17) is 0 Å². The van der Waals surface area contributed by atoms with Crippen molar-refractivity contribution in [2.45, 2.75) is 39.8 Å². The first kappa shape index (κ1) is 13.9. The molecule has 0 aliphatic rings. The van der Waals surface area contributed by atoms with E-state index >= 15 is 0 Å². The smallest absolute Gasteiger partial charge is 0.348 e. The summed E-state index contributed by atoms with van der Waals surface area (Å²) in [4.78, 5) is 15.5. The van der Waals surface area contributed by atoms with Crippen LogP contribution in [0, 0.1) is 13.8 Å². The van der Waals surface area contributed by atoms with E-state index in [0.29, 0.717) is 12.2 Å². The molecule has 96 valence electrons. The van der Waals surface area contributed by atoms with Gasteiger partial charge in [-0.3, -0.25) is 4.57 Å². The van der Waals surface area contributed by atoms with Crippen molar-refractivity contribution in [3.63, 3.8) is 0 Å². The van der Waals surface area contributed by atoms with Gasteiger partial charge in [-0.25, -0.2) is 4.79 Å². The standard InChI is InChI=1S/C12H21N3O2/c1-4-5-13-7-11(16)8-15-10(3)6-9(2)14-12(15)17/h6,11,13,16H,4-5,7-8H2,1-3H3. The summed E-state index contributed by atoms with van der Waals surface area (Å²) in [6.07, 6.45) is 0.458. The minimum absolute atomic E-state index is 0.286. The van der Waals surface area contributed by atoms with E-state index in [9.17, 15) is 9.90 Å². The molecule has 0 radical (unpaired) electrons. The summed E-state index contributed by atoms with van der Waals surface area (Å²) < 4.78 is 1.51. The molecule has 1 atom stereocenters. The van der Waals surface area contributed by atoms with Crippen LogP contribution in [0.3, 0.4) is 0 Å². The van der Waals surface area contributed by atoms with Gasteiger partial charge in [-0.05, 0) is 32.9 Å². The molecular formula is C12H21N3O2. The first-order valence-corrected chi connectivity index (χ1v) is 5.98. The summed E-state index contributed by atoms with van der Waals surface area (Å²) in [7, 11) is 0. The van der Waals surface area contributed by atoms with E-state index in [2.05, 4.69) is 17.2 Å². The van der Waals surface area contributed by atoms with Crippen LogP contribution in [-0.2, 0) is 6.54 Å². The Hall–Kier alpha value is -1.20. The number of rotatable bonds is 6. The fourth-order valence-electron chi connectivity index (χ4n) is 1.72. The lowest BCUT2D eigenvalue weighted by Crippen LogP contribution is -2.36. The van der Waals surface area contributed by atoms with Gasteiger partial charge in [0, 0.05) is 17.9 Å². The maximum Gasteiger partial charge on any atom is 0.348 e. The van der Waals surface area contributed by atoms with Gasteiger partial charge in [-0.2, -0.15) is 4.98 Å². The van der Waals surface area contributed by atoms with Crippen LogP contribution in [0.5, 0.6) is 0 Å². The molecule has 1 heterocycles. The SMILES string of the molecule is CCCNCC(O)Cn1c(C)cc(C)nc1=O. The molecule has 0 fully saturated rings. The molecule has 1 aromatic heterocycles. The molecule has 0 amide bonds. The van der Waals surface area contributed by atoms with Gasteiger partial charge in [0.15, 0.2) is 0 Å². The first-order chi connectivity index (χ1) is 8.04. The molecule has 1 aromatic rings. The maximum atomic E-state index is 11.6. The van der Waals surface area contributed by atoms with Gasteiger partial charge in [0.1, 0.15) is 0 Å². The number of nitrogens with one attached hydrogen (secondary N) is 1. The molecule has 0 aliphatic carbocycles. The van der Waals surface area contributed by atoms with Crippen LogP contribution >= 0.6 is 0 Å². The van der Waals surface area contributed by atoms with Crippen molar-refractivity contribution in [2.75, 3.05) is 13.1 Å². The average Bonchev–Trinajstić information content (AvgIpc) is 2.24. The van der Waals surface area contributed by atoms with E-state index in [1.807, 2.05) is 13.0 Å². The fraction of sp³-hybridized carbons (Fsp3) is 0.667. The highest BCUT2D eigenvalue weighted by Crippen LogP contribution is 1.98. The highest BCUT2D eigenvalue weighted by atomic mass is 16.3. The lowest BCUT2D eigenvalue weighted by Gasteiger charge is -2.15. The second-order valence-electron chi connectivity index (χ2n) is 4.29. The minimum Gasteiger partial charge on any atom is -0.390 e. The molecule has 1 unspecified atom stereocenters. The van der Waals surface area contributed by atoms with E-state index in [1.165, 1.54) is 4.57 Å². The molecule has 0 bridgehead atoms. The molecule has 1 rings (SSSR count). The van der Waals surface area contributed by atoms with Crippen LogP contribution in [0.25, 0.3) is 0 Å². The predicted molar refractivity (Wildman–Crippen MR) is 67.1 cm³/mol. The fourth-order valence-corrected chi connectivity index (χ4v) is 1.72. The number of aliphatic hydroxyl groups is 1. The molecular weight excluding hydrogens is 218 g/mol. The Balaban J connectivity index is 2.65. The zero-order chi connectivity index (χ0) is 12.8. The quantitative estimate of drug-likeness (QED) is 0.697. The van der Waals surface area contributed by atoms with Gasteiger partial charge in [-0.1, -0.05) is 6.92 Å². The normalized spacial score (nSPS) is 12.7. The van der Waals surface area contributed by atoms with E-state index < -0.39 is 6.10 Å². The Kier molecular flexibility index (Phi) is 5.31. The third kappa shape index (κ3) is 4.28. The Morgan fingerprint density at radius 3 is 2.82 bits per heavy atom. The second kappa shape index (κ2) is 6.51. The third-order valence-corrected chi connectivity index (χ3v) is 2.55. The van der Waals surface area contributed by atoms with Crippen molar-refractivity contribution in [1.82, 2.24) is 14.9 Å². The van der Waals surface area contributed by atoms with Crippen molar-refractivity contribution in [2.24, 2.45) is 0 Å². The monoisotopic (exact) mass is 239 g/mol. The number of aromatic nitrogens is 2. The van der Waals surface area contributed by atoms with Gasteiger partial charge in [-0.15, -0.1) is 0 Å². The molecule has 17 heavy (non-hydrogen) atoms. The van der Waals surface area contributed by atoms with E-state index in [0.717, 1.165) is 18.7 Å².